The third-order valence-corrected chi connectivity index (χ3v) is 2.17. The molecule has 1 rings (SSSR count). The summed E-state index contributed by atoms with van der Waals surface area (Å²) in [5.41, 5.74) is 3.67. The lowest BCUT2D eigenvalue weighted by Gasteiger charge is -2.11. The SMILES string of the molecule is CCc1nnc(C)cc1C(O)C=C(C)C. The van der Waals surface area contributed by atoms with E-state index in [1.165, 1.54) is 0 Å². The van der Waals surface area contributed by atoms with Crippen LogP contribution in [-0.2, 0) is 6.42 Å². The van der Waals surface area contributed by atoms with Gasteiger partial charge in [-0.3, -0.25) is 0 Å². The van der Waals surface area contributed by atoms with E-state index in [1.54, 1.807) is 0 Å². The summed E-state index contributed by atoms with van der Waals surface area (Å²) in [5.74, 6) is 0. The minimum atomic E-state index is -0.570. The minimum absolute atomic E-state index is 0.570. The Hall–Kier alpha value is -1.22. The Labute approximate surface area is 90.9 Å². The van der Waals surface area contributed by atoms with Gasteiger partial charge in [-0.1, -0.05) is 18.6 Å². The summed E-state index contributed by atoms with van der Waals surface area (Å²) in [6, 6.07) is 1.90. The number of hydrogen-bond donors (Lipinski definition) is 1. The van der Waals surface area contributed by atoms with Crippen LogP contribution in [0.25, 0.3) is 0 Å². The van der Waals surface area contributed by atoms with Crippen molar-refractivity contribution in [3.05, 3.63) is 34.7 Å². The molecule has 0 radical (unpaired) electrons. The van der Waals surface area contributed by atoms with Gasteiger partial charge in [0.15, 0.2) is 0 Å². The second-order valence-corrected chi connectivity index (χ2v) is 3.93. The molecule has 0 aliphatic rings. The molecular formula is C12H18N2O. The maximum atomic E-state index is 9.98. The number of aliphatic hydroxyl groups excluding tert-OH is 1. The van der Waals surface area contributed by atoms with Gasteiger partial charge in [0, 0.05) is 5.56 Å². The van der Waals surface area contributed by atoms with Gasteiger partial charge < -0.3 is 5.11 Å². The summed E-state index contributed by atoms with van der Waals surface area (Å²) in [4.78, 5) is 0. The summed E-state index contributed by atoms with van der Waals surface area (Å²) in [6.07, 6.45) is 2.05. The van der Waals surface area contributed by atoms with Gasteiger partial charge >= 0.3 is 0 Å². The van der Waals surface area contributed by atoms with Crippen molar-refractivity contribution in [2.24, 2.45) is 0 Å². The molecular weight excluding hydrogens is 188 g/mol. The first-order valence-corrected chi connectivity index (χ1v) is 5.20. The van der Waals surface area contributed by atoms with E-state index >= 15 is 0 Å². The number of aromatic nitrogens is 2. The van der Waals surface area contributed by atoms with Crippen molar-refractivity contribution in [3.63, 3.8) is 0 Å². The molecule has 3 heteroatoms. The van der Waals surface area contributed by atoms with Gasteiger partial charge in [0.2, 0.25) is 0 Å². The number of aryl methyl sites for hydroxylation is 2. The molecule has 15 heavy (non-hydrogen) atoms. The van der Waals surface area contributed by atoms with Gasteiger partial charge in [-0.25, -0.2) is 0 Å². The van der Waals surface area contributed by atoms with Gasteiger partial charge in [0.25, 0.3) is 0 Å². The van der Waals surface area contributed by atoms with E-state index < -0.39 is 6.10 Å². The monoisotopic (exact) mass is 206 g/mol. The summed E-state index contributed by atoms with van der Waals surface area (Å²) < 4.78 is 0. The van der Waals surface area contributed by atoms with Gasteiger partial charge in [0.05, 0.1) is 17.5 Å². The van der Waals surface area contributed by atoms with Crippen molar-refractivity contribution in [2.75, 3.05) is 0 Å². The molecule has 0 saturated heterocycles. The summed E-state index contributed by atoms with van der Waals surface area (Å²) in [6.45, 7) is 7.83. The van der Waals surface area contributed by atoms with Crippen molar-refractivity contribution >= 4 is 0 Å². The predicted octanol–water partition coefficient (Wildman–Crippen LogP) is 2.35. The van der Waals surface area contributed by atoms with Gasteiger partial charge in [-0.15, -0.1) is 0 Å². The highest BCUT2D eigenvalue weighted by Gasteiger charge is 2.11. The molecule has 1 N–H and O–H groups in total. The molecule has 3 nitrogen and oxygen atoms in total. The Morgan fingerprint density at radius 2 is 2.13 bits per heavy atom. The normalized spacial score (nSPS) is 12.3. The van der Waals surface area contributed by atoms with Gasteiger partial charge in [0.1, 0.15) is 0 Å². The number of allylic oxidation sites excluding steroid dienone is 1. The van der Waals surface area contributed by atoms with Crippen LogP contribution in [0.3, 0.4) is 0 Å². The molecule has 0 aromatic carbocycles. The predicted molar refractivity (Wildman–Crippen MR) is 60.5 cm³/mol. The highest BCUT2D eigenvalue weighted by Crippen LogP contribution is 2.19. The molecule has 0 aliphatic heterocycles. The highest BCUT2D eigenvalue weighted by molar-refractivity contribution is 5.27. The van der Waals surface area contributed by atoms with Crippen molar-refractivity contribution < 1.29 is 5.11 Å². The van der Waals surface area contributed by atoms with Crippen LogP contribution in [0.4, 0.5) is 0 Å². The fraction of sp³-hybridized carbons (Fsp3) is 0.500. The Bertz CT molecular complexity index is 368. The fourth-order valence-electron chi connectivity index (χ4n) is 1.47. The Balaban J connectivity index is 3.11. The van der Waals surface area contributed by atoms with E-state index in [1.807, 2.05) is 39.8 Å². The zero-order chi connectivity index (χ0) is 11.4. The summed E-state index contributed by atoms with van der Waals surface area (Å²) in [5, 5.41) is 18.1. The van der Waals surface area contributed by atoms with Gasteiger partial charge in [-0.05, 0) is 33.3 Å². The Kier molecular flexibility index (Phi) is 3.97. The van der Waals surface area contributed by atoms with Crippen LogP contribution in [0.1, 0.15) is 43.8 Å². The molecule has 0 amide bonds. The average Bonchev–Trinajstić information content (AvgIpc) is 2.16. The molecule has 0 saturated carbocycles. The quantitative estimate of drug-likeness (QED) is 0.772. The number of hydrogen-bond acceptors (Lipinski definition) is 3. The van der Waals surface area contributed by atoms with Crippen LogP contribution in [0.2, 0.25) is 0 Å². The third-order valence-electron chi connectivity index (χ3n) is 2.17. The average molecular weight is 206 g/mol. The maximum absolute atomic E-state index is 9.98. The van der Waals surface area contributed by atoms with Crippen LogP contribution in [-0.4, -0.2) is 15.3 Å². The molecule has 1 aromatic heterocycles. The number of rotatable bonds is 3. The van der Waals surface area contributed by atoms with Crippen molar-refractivity contribution in [1.29, 1.82) is 0 Å². The summed E-state index contributed by atoms with van der Waals surface area (Å²) in [7, 11) is 0. The molecule has 1 atom stereocenters. The lowest BCUT2D eigenvalue weighted by Crippen LogP contribution is -2.05. The van der Waals surface area contributed by atoms with Gasteiger partial charge in [-0.2, -0.15) is 10.2 Å². The second kappa shape index (κ2) is 5.03. The molecule has 0 fully saturated rings. The zero-order valence-corrected chi connectivity index (χ0v) is 9.78. The number of aliphatic hydroxyl groups is 1. The Morgan fingerprint density at radius 1 is 1.47 bits per heavy atom. The largest absolute Gasteiger partial charge is 0.384 e. The Morgan fingerprint density at radius 3 is 2.67 bits per heavy atom. The fourth-order valence-corrected chi connectivity index (χ4v) is 1.47. The first-order chi connectivity index (χ1) is 7.04. The van der Waals surface area contributed by atoms with E-state index in [2.05, 4.69) is 10.2 Å². The van der Waals surface area contributed by atoms with Crippen LogP contribution in [0.15, 0.2) is 17.7 Å². The lowest BCUT2D eigenvalue weighted by molar-refractivity contribution is 0.225. The molecule has 1 heterocycles. The summed E-state index contributed by atoms with van der Waals surface area (Å²) >= 11 is 0. The molecule has 0 aliphatic carbocycles. The van der Waals surface area contributed by atoms with E-state index in [-0.39, 0.29) is 0 Å². The topological polar surface area (TPSA) is 46.0 Å². The first kappa shape index (κ1) is 11.9. The standard InChI is InChI=1S/C12H18N2O/c1-5-11-10(7-9(4)13-14-11)12(15)6-8(2)3/h6-7,12,15H,5H2,1-4H3. The van der Waals surface area contributed by atoms with Crippen molar-refractivity contribution in [2.45, 2.75) is 40.2 Å². The molecule has 0 bridgehead atoms. The first-order valence-electron chi connectivity index (χ1n) is 5.20. The van der Waals surface area contributed by atoms with E-state index in [4.69, 9.17) is 0 Å². The van der Waals surface area contributed by atoms with E-state index in [0.717, 1.165) is 28.9 Å². The molecule has 82 valence electrons. The lowest BCUT2D eigenvalue weighted by atomic mass is 10.0. The number of nitrogens with zero attached hydrogens (tertiary/aromatic N) is 2. The van der Waals surface area contributed by atoms with Crippen molar-refractivity contribution in [1.82, 2.24) is 10.2 Å². The molecule has 1 aromatic rings. The third kappa shape index (κ3) is 3.13. The van der Waals surface area contributed by atoms with Crippen LogP contribution in [0.5, 0.6) is 0 Å². The van der Waals surface area contributed by atoms with Crippen molar-refractivity contribution in [3.8, 4) is 0 Å². The molecule has 0 spiro atoms. The van der Waals surface area contributed by atoms with Crippen LogP contribution in [0, 0.1) is 6.92 Å². The zero-order valence-electron chi connectivity index (χ0n) is 9.78. The second-order valence-electron chi connectivity index (χ2n) is 3.93. The van der Waals surface area contributed by atoms with E-state index in [9.17, 15) is 5.11 Å². The van der Waals surface area contributed by atoms with Crippen LogP contribution < -0.4 is 0 Å². The maximum Gasteiger partial charge on any atom is 0.0993 e. The van der Waals surface area contributed by atoms with E-state index in [0.29, 0.717) is 0 Å². The smallest absolute Gasteiger partial charge is 0.0993 e. The molecule has 1 unspecified atom stereocenters. The van der Waals surface area contributed by atoms with Crippen LogP contribution >= 0.6 is 0 Å². The highest BCUT2D eigenvalue weighted by atomic mass is 16.3. The minimum Gasteiger partial charge on any atom is -0.384 e.